The molecule has 1 aliphatic rings. The molecule has 0 aromatic heterocycles. The molecular formula is C12H15Cl2NO2. The maximum Gasteiger partial charge on any atom is 0.138 e. The van der Waals surface area contributed by atoms with E-state index in [9.17, 15) is 5.11 Å². The summed E-state index contributed by atoms with van der Waals surface area (Å²) < 4.78 is 5.75. The standard InChI is InChI=1S/C12H15Cl2NO2/c13-9-1-2-11(10(14)5-9)17-12(7-16)8-3-4-15-6-8/h1-2,5,8,12,15-16H,3-4,6-7H2/t8-,12-/m1/s1. The summed E-state index contributed by atoms with van der Waals surface area (Å²) in [5, 5.41) is 13.7. The summed E-state index contributed by atoms with van der Waals surface area (Å²) in [5.41, 5.74) is 0. The molecule has 3 nitrogen and oxygen atoms in total. The van der Waals surface area contributed by atoms with Gasteiger partial charge in [-0.15, -0.1) is 0 Å². The quantitative estimate of drug-likeness (QED) is 0.887. The van der Waals surface area contributed by atoms with Crippen LogP contribution in [0, 0.1) is 5.92 Å². The monoisotopic (exact) mass is 275 g/mol. The van der Waals surface area contributed by atoms with Gasteiger partial charge in [0, 0.05) is 17.5 Å². The van der Waals surface area contributed by atoms with Crippen LogP contribution in [0.5, 0.6) is 5.75 Å². The van der Waals surface area contributed by atoms with Crippen LogP contribution >= 0.6 is 23.2 Å². The number of nitrogens with one attached hydrogen (secondary N) is 1. The molecule has 5 heteroatoms. The number of rotatable bonds is 4. The molecule has 94 valence electrons. The van der Waals surface area contributed by atoms with Gasteiger partial charge in [-0.05, 0) is 31.2 Å². The molecule has 0 spiro atoms. The summed E-state index contributed by atoms with van der Waals surface area (Å²) in [7, 11) is 0. The minimum Gasteiger partial charge on any atom is -0.486 e. The minimum atomic E-state index is -0.219. The van der Waals surface area contributed by atoms with E-state index in [1.54, 1.807) is 18.2 Å². The Kier molecular flexibility index (Phi) is 4.51. The molecule has 0 radical (unpaired) electrons. The van der Waals surface area contributed by atoms with Crippen molar-refractivity contribution in [1.82, 2.24) is 5.32 Å². The predicted molar refractivity (Wildman–Crippen MR) is 68.9 cm³/mol. The lowest BCUT2D eigenvalue weighted by molar-refractivity contribution is 0.0743. The van der Waals surface area contributed by atoms with Crippen molar-refractivity contribution >= 4 is 23.2 Å². The second kappa shape index (κ2) is 5.91. The van der Waals surface area contributed by atoms with Gasteiger partial charge in [0.05, 0.1) is 11.6 Å². The topological polar surface area (TPSA) is 41.5 Å². The lowest BCUT2D eigenvalue weighted by Crippen LogP contribution is -2.32. The highest BCUT2D eigenvalue weighted by atomic mass is 35.5. The zero-order valence-corrected chi connectivity index (χ0v) is 10.8. The number of aliphatic hydroxyl groups excluding tert-OH is 1. The lowest BCUT2D eigenvalue weighted by Gasteiger charge is -2.22. The van der Waals surface area contributed by atoms with E-state index in [-0.39, 0.29) is 12.7 Å². The molecule has 1 aromatic rings. The predicted octanol–water partition coefficient (Wildman–Crippen LogP) is 2.34. The molecule has 0 amide bonds. The van der Waals surface area contributed by atoms with E-state index in [4.69, 9.17) is 27.9 Å². The zero-order chi connectivity index (χ0) is 12.3. The molecule has 1 aromatic carbocycles. The highest BCUT2D eigenvalue weighted by Crippen LogP contribution is 2.30. The normalized spacial score (nSPS) is 21.5. The van der Waals surface area contributed by atoms with Crippen molar-refractivity contribution in [2.24, 2.45) is 5.92 Å². The van der Waals surface area contributed by atoms with Gasteiger partial charge in [-0.3, -0.25) is 0 Å². The molecule has 0 saturated carbocycles. The smallest absolute Gasteiger partial charge is 0.138 e. The average Bonchev–Trinajstić information content (AvgIpc) is 2.81. The van der Waals surface area contributed by atoms with Crippen LogP contribution in [0.15, 0.2) is 18.2 Å². The molecular weight excluding hydrogens is 261 g/mol. The maximum absolute atomic E-state index is 9.37. The Hall–Kier alpha value is -0.480. The first-order valence-corrected chi connectivity index (χ1v) is 6.39. The third-order valence-electron chi connectivity index (χ3n) is 2.98. The van der Waals surface area contributed by atoms with E-state index in [2.05, 4.69) is 5.32 Å². The van der Waals surface area contributed by atoms with E-state index in [1.807, 2.05) is 0 Å². The van der Waals surface area contributed by atoms with Crippen molar-refractivity contribution in [3.8, 4) is 5.75 Å². The Balaban J connectivity index is 2.06. The van der Waals surface area contributed by atoms with Gasteiger partial charge >= 0.3 is 0 Å². The van der Waals surface area contributed by atoms with Gasteiger partial charge in [0.1, 0.15) is 11.9 Å². The summed E-state index contributed by atoms with van der Waals surface area (Å²) >= 11 is 11.8. The van der Waals surface area contributed by atoms with E-state index >= 15 is 0 Å². The van der Waals surface area contributed by atoms with Crippen molar-refractivity contribution in [3.05, 3.63) is 28.2 Å². The molecule has 1 fully saturated rings. The van der Waals surface area contributed by atoms with Crippen molar-refractivity contribution in [2.45, 2.75) is 12.5 Å². The largest absolute Gasteiger partial charge is 0.486 e. The van der Waals surface area contributed by atoms with Crippen molar-refractivity contribution in [3.63, 3.8) is 0 Å². The van der Waals surface area contributed by atoms with Crippen LogP contribution in [-0.2, 0) is 0 Å². The van der Waals surface area contributed by atoms with Crippen molar-refractivity contribution < 1.29 is 9.84 Å². The highest BCUT2D eigenvalue weighted by molar-refractivity contribution is 6.35. The third kappa shape index (κ3) is 3.26. The maximum atomic E-state index is 9.37. The van der Waals surface area contributed by atoms with Gasteiger partial charge in [0.15, 0.2) is 0 Å². The third-order valence-corrected chi connectivity index (χ3v) is 3.51. The minimum absolute atomic E-state index is 0.00863. The molecule has 1 saturated heterocycles. The van der Waals surface area contributed by atoms with Crippen molar-refractivity contribution in [1.29, 1.82) is 0 Å². The summed E-state index contributed by atoms with van der Waals surface area (Å²) in [4.78, 5) is 0. The highest BCUT2D eigenvalue weighted by Gasteiger charge is 2.26. The van der Waals surface area contributed by atoms with Gasteiger partial charge in [0.25, 0.3) is 0 Å². The lowest BCUT2D eigenvalue weighted by atomic mass is 10.0. The van der Waals surface area contributed by atoms with Crippen LogP contribution in [0.3, 0.4) is 0 Å². The average molecular weight is 276 g/mol. The van der Waals surface area contributed by atoms with Crippen LogP contribution in [0.1, 0.15) is 6.42 Å². The first kappa shape index (κ1) is 13.0. The first-order chi connectivity index (χ1) is 8.20. The number of halogens is 2. The number of aliphatic hydroxyl groups is 1. The van der Waals surface area contributed by atoms with Gasteiger partial charge in [-0.25, -0.2) is 0 Å². The van der Waals surface area contributed by atoms with E-state index in [0.29, 0.717) is 21.7 Å². The van der Waals surface area contributed by atoms with Gasteiger partial charge < -0.3 is 15.2 Å². The van der Waals surface area contributed by atoms with Crippen LogP contribution < -0.4 is 10.1 Å². The Morgan fingerprint density at radius 3 is 2.88 bits per heavy atom. The van der Waals surface area contributed by atoms with E-state index in [0.717, 1.165) is 19.5 Å². The Labute approximate surface area is 111 Å². The molecule has 2 rings (SSSR count). The summed E-state index contributed by atoms with van der Waals surface area (Å²) in [6.45, 7) is 1.83. The van der Waals surface area contributed by atoms with Crippen LogP contribution in [-0.4, -0.2) is 30.9 Å². The second-order valence-electron chi connectivity index (χ2n) is 4.17. The van der Waals surface area contributed by atoms with Crippen LogP contribution in [0.2, 0.25) is 10.0 Å². The Bertz CT molecular complexity index is 381. The van der Waals surface area contributed by atoms with Gasteiger partial charge in [0.2, 0.25) is 0 Å². The fraction of sp³-hybridized carbons (Fsp3) is 0.500. The molecule has 2 N–H and O–H groups in total. The van der Waals surface area contributed by atoms with Gasteiger partial charge in [-0.2, -0.15) is 0 Å². The molecule has 1 heterocycles. The molecule has 17 heavy (non-hydrogen) atoms. The Morgan fingerprint density at radius 1 is 1.47 bits per heavy atom. The van der Waals surface area contributed by atoms with Gasteiger partial charge in [-0.1, -0.05) is 23.2 Å². The molecule has 1 aliphatic heterocycles. The zero-order valence-electron chi connectivity index (χ0n) is 9.33. The molecule has 0 unspecified atom stereocenters. The number of ether oxygens (including phenoxy) is 1. The fourth-order valence-electron chi connectivity index (χ4n) is 2.01. The summed E-state index contributed by atoms with van der Waals surface area (Å²) in [6.07, 6.45) is 0.792. The van der Waals surface area contributed by atoms with Crippen LogP contribution in [0.25, 0.3) is 0 Å². The van der Waals surface area contributed by atoms with E-state index < -0.39 is 0 Å². The molecule has 0 bridgehead atoms. The fourth-order valence-corrected chi connectivity index (χ4v) is 2.46. The second-order valence-corrected chi connectivity index (χ2v) is 5.01. The number of benzene rings is 1. The SMILES string of the molecule is OC[C@@H](Oc1ccc(Cl)cc1Cl)[C@@H]1CCNC1. The molecule has 2 atom stereocenters. The van der Waals surface area contributed by atoms with Crippen molar-refractivity contribution in [2.75, 3.05) is 19.7 Å². The number of hydrogen-bond acceptors (Lipinski definition) is 3. The Morgan fingerprint density at radius 2 is 2.29 bits per heavy atom. The number of hydrogen-bond donors (Lipinski definition) is 2. The molecule has 0 aliphatic carbocycles. The van der Waals surface area contributed by atoms with E-state index in [1.165, 1.54) is 0 Å². The van der Waals surface area contributed by atoms with Crippen LogP contribution in [0.4, 0.5) is 0 Å². The summed E-state index contributed by atoms with van der Waals surface area (Å²) in [6, 6.07) is 5.10. The first-order valence-electron chi connectivity index (χ1n) is 5.64. The summed E-state index contributed by atoms with van der Waals surface area (Å²) in [5.74, 6) is 0.897.